The molecule has 88 valence electrons. The van der Waals surface area contributed by atoms with Crippen molar-refractivity contribution in [2.75, 3.05) is 20.7 Å². The number of aliphatic hydroxyl groups is 4. The first kappa shape index (κ1) is 11.3. The van der Waals surface area contributed by atoms with Gasteiger partial charge in [-0.3, -0.25) is 0 Å². The largest absolute Gasteiger partial charge is 0.390 e. The van der Waals surface area contributed by atoms with Crippen molar-refractivity contribution in [2.45, 2.75) is 42.7 Å². The zero-order valence-corrected chi connectivity index (χ0v) is 9.17. The van der Waals surface area contributed by atoms with E-state index < -0.39 is 23.9 Å². The molecule has 0 amide bonds. The van der Waals surface area contributed by atoms with E-state index in [1.165, 1.54) is 0 Å². The summed E-state index contributed by atoms with van der Waals surface area (Å²) in [4.78, 5) is 0. The van der Waals surface area contributed by atoms with Crippen LogP contribution in [0.25, 0.3) is 0 Å². The maximum absolute atomic E-state index is 10.0. The van der Waals surface area contributed by atoms with Crippen molar-refractivity contribution in [3.8, 4) is 0 Å². The molecule has 2 rings (SSSR count). The summed E-state index contributed by atoms with van der Waals surface area (Å²) in [6.45, 7) is -0.310. The molecular formula is C10H20NO4+. The van der Waals surface area contributed by atoms with E-state index in [2.05, 4.69) is 0 Å². The second-order valence-corrected chi connectivity index (χ2v) is 5.29. The smallest absolute Gasteiger partial charge is 0.177 e. The van der Waals surface area contributed by atoms with Crippen molar-refractivity contribution >= 4 is 0 Å². The summed E-state index contributed by atoms with van der Waals surface area (Å²) in [5, 5.41) is 39.5. The van der Waals surface area contributed by atoms with Gasteiger partial charge in [-0.1, -0.05) is 0 Å². The first-order chi connectivity index (χ1) is 6.89. The highest BCUT2D eigenvalue weighted by atomic mass is 16.4. The van der Waals surface area contributed by atoms with Gasteiger partial charge in [0.15, 0.2) is 5.54 Å². The van der Waals surface area contributed by atoms with Crippen molar-refractivity contribution in [1.29, 1.82) is 0 Å². The number of hydrogen-bond donors (Lipinski definition) is 4. The fourth-order valence-electron chi connectivity index (χ4n) is 3.57. The molecule has 4 unspecified atom stereocenters. The lowest BCUT2D eigenvalue weighted by Crippen LogP contribution is -2.72. The average Bonchev–Trinajstić information content (AvgIpc) is 2.25. The molecular weight excluding hydrogens is 198 g/mol. The Bertz CT molecular complexity index is 270. The van der Waals surface area contributed by atoms with E-state index in [-0.39, 0.29) is 17.1 Å². The number of piperidine rings is 1. The van der Waals surface area contributed by atoms with Crippen LogP contribution in [-0.4, -0.2) is 75.5 Å². The lowest BCUT2D eigenvalue weighted by molar-refractivity contribution is -0.963. The van der Waals surface area contributed by atoms with Gasteiger partial charge in [-0.25, -0.2) is 0 Å². The fourth-order valence-corrected chi connectivity index (χ4v) is 3.57. The Morgan fingerprint density at radius 3 is 2.27 bits per heavy atom. The van der Waals surface area contributed by atoms with Crippen molar-refractivity contribution in [2.24, 2.45) is 0 Å². The highest BCUT2D eigenvalue weighted by Gasteiger charge is 2.71. The quantitative estimate of drug-likeness (QED) is 0.386. The lowest BCUT2D eigenvalue weighted by Gasteiger charge is -2.51. The number of hydrogen-bond acceptors (Lipinski definition) is 4. The number of aliphatic hydroxyl groups excluding tert-OH is 4. The van der Waals surface area contributed by atoms with Gasteiger partial charge in [0, 0.05) is 6.42 Å². The number of rotatable bonds is 1. The second kappa shape index (κ2) is 3.15. The highest BCUT2D eigenvalue weighted by molar-refractivity contribution is 5.09. The molecule has 4 N–H and O–H groups in total. The first-order valence-electron chi connectivity index (χ1n) is 5.38. The Balaban J connectivity index is 2.51. The number of nitrogens with zero attached hydrogens (tertiary/aromatic N) is 1. The summed E-state index contributed by atoms with van der Waals surface area (Å²) < 4.78 is 0.285. The van der Waals surface area contributed by atoms with Gasteiger partial charge >= 0.3 is 0 Å². The van der Waals surface area contributed by atoms with Crippen LogP contribution in [0.5, 0.6) is 0 Å². The summed E-state index contributed by atoms with van der Waals surface area (Å²) in [7, 11) is 3.70. The second-order valence-electron chi connectivity index (χ2n) is 5.29. The summed E-state index contributed by atoms with van der Waals surface area (Å²) in [5.41, 5.74) is -1.03. The van der Waals surface area contributed by atoms with Crippen molar-refractivity contribution in [1.82, 2.24) is 0 Å². The molecule has 2 heterocycles. The zero-order valence-electron chi connectivity index (χ0n) is 9.17. The third-order valence-corrected chi connectivity index (χ3v) is 4.70. The number of quaternary nitrogens is 1. The Labute approximate surface area is 89.2 Å². The fraction of sp³-hybridized carbons (Fsp3) is 1.00. The van der Waals surface area contributed by atoms with Crippen LogP contribution in [0.2, 0.25) is 0 Å². The highest BCUT2D eigenvalue weighted by Crippen LogP contribution is 2.47. The van der Waals surface area contributed by atoms with Gasteiger partial charge in [-0.2, -0.15) is 0 Å². The van der Waals surface area contributed by atoms with E-state index >= 15 is 0 Å². The molecule has 2 aliphatic rings. The van der Waals surface area contributed by atoms with E-state index in [9.17, 15) is 20.4 Å². The third kappa shape index (κ3) is 1.05. The van der Waals surface area contributed by atoms with Crippen molar-refractivity contribution in [3.63, 3.8) is 0 Å². The molecule has 2 fully saturated rings. The standard InChI is InChI=1S/C10H20NO4/c1-11(2)6-3-4-7(13)10(11,5-12)9(15)8(6)14/h6-9,12-15H,3-5H2,1-2H3/q+1/t6?,7?,8?,9?,10-/m1/s1. The molecule has 0 radical (unpaired) electrons. The molecule has 0 spiro atoms. The van der Waals surface area contributed by atoms with Gasteiger partial charge in [0.25, 0.3) is 0 Å². The van der Waals surface area contributed by atoms with Crippen LogP contribution < -0.4 is 0 Å². The van der Waals surface area contributed by atoms with Crippen LogP contribution in [0, 0.1) is 0 Å². The van der Waals surface area contributed by atoms with Crippen LogP contribution in [-0.2, 0) is 0 Å². The normalized spacial score (nSPS) is 53.2. The Kier molecular flexibility index (Phi) is 2.37. The Morgan fingerprint density at radius 1 is 1.20 bits per heavy atom. The summed E-state index contributed by atoms with van der Waals surface area (Å²) in [6, 6.07) is -0.101. The molecule has 2 bridgehead atoms. The average molecular weight is 218 g/mol. The topological polar surface area (TPSA) is 80.9 Å². The Morgan fingerprint density at radius 2 is 1.80 bits per heavy atom. The molecule has 0 aromatic heterocycles. The van der Waals surface area contributed by atoms with Crippen LogP contribution in [0.1, 0.15) is 12.8 Å². The van der Waals surface area contributed by atoms with E-state index in [0.29, 0.717) is 12.8 Å². The molecule has 0 saturated carbocycles. The first-order valence-corrected chi connectivity index (χ1v) is 5.38. The molecule has 0 aromatic rings. The minimum atomic E-state index is -1.06. The third-order valence-electron chi connectivity index (χ3n) is 4.70. The van der Waals surface area contributed by atoms with Crippen molar-refractivity contribution < 1.29 is 24.9 Å². The van der Waals surface area contributed by atoms with Gasteiger partial charge in [0.05, 0.1) is 14.1 Å². The Hall–Kier alpha value is -0.200. The van der Waals surface area contributed by atoms with Gasteiger partial charge in [0.2, 0.25) is 0 Å². The van der Waals surface area contributed by atoms with Gasteiger partial charge in [-0.05, 0) is 6.42 Å². The molecule has 2 aliphatic heterocycles. The summed E-state index contributed by atoms with van der Waals surface area (Å²) in [6.07, 6.45) is -1.47. The maximum Gasteiger partial charge on any atom is 0.177 e. The summed E-state index contributed by atoms with van der Waals surface area (Å²) in [5.74, 6) is 0. The van der Waals surface area contributed by atoms with Gasteiger partial charge in [0.1, 0.15) is 31.0 Å². The lowest BCUT2D eigenvalue weighted by atomic mass is 9.82. The van der Waals surface area contributed by atoms with Crippen LogP contribution >= 0.6 is 0 Å². The van der Waals surface area contributed by atoms with E-state index in [0.717, 1.165) is 0 Å². The maximum atomic E-state index is 10.0. The number of likely N-dealkylation sites (N-methyl/N-ethyl adjacent to an activating group) is 1. The molecule has 5 nitrogen and oxygen atoms in total. The molecule has 15 heavy (non-hydrogen) atoms. The molecule has 0 aliphatic carbocycles. The molecule has 0 aromatic carbocycles. The minimum Gasteiger partial charge on any atom is -0.390 e. The van der Waals surface area contributed by atoms with Gasteiger partial charge < -0.3 is 24.9 Å². The van der Waals surface area contributed by atoms with E-state index in [4.69, 9.17) is 0 Å². The number of fused-ring (bicyclic) bond motifs is 2. The zero-order chi connectivity index (χ0) is 11.4. The monoisotopic (exact) mass is 218 g/mol. The molecule has 2 saturated heterocycles. The predicted molar refractivity (Wildman–Crippen MR) is 53.0 cm³/mol. The van der Waals surface area contributed by atoms with Crippen LogP contribution in [0.15, 0.2) is 0 Å². The molecule has 5 heteroatoms. The minimum absolute atomic E-state index is 0.101. The van der Waals surface area contributed by atoms with E-state index in [1.807, 2.05) is 14.1 Å². The van der Waals surface area contributed by atoms with Crippen LogP contribution in [0.4, 0.5) is 0 Å². The SMILES string of the molecule is C[N+]1(C)C2CCC(O)[C@]1(CO)C(O)C2O. The van der Waals surface area contributed by atoms with Crippen molar-refractivity contribution in [3.05, 3.63) is 0 Å². The van der Waals surface area contributed by atoms with Gasteiger partial charge in [-0.15, -0.1) is 0 Å². The van der Waals surface area contributed by atoms with Crippen LogP contribution in [0.3, 0.4) is 0 Å². The predicted octanol–water partition coefficient (Wildman–Crippen LogP) is -1.95. The summed E-state index contributed by atoms with van der Waals surface area (Å²) >= 11 is 0. The molecule has 5 atom stereocenters. The van der Waals surface area contributed by atoms with E-state index in [1.54, 1.807) is 0 Å².